The van der Waals surface area contributed by atoms with Crippen LogP contribution in [-0.4, -0.2) is 28.6 Å². The van der Waals surface area contributed by atoms with Gasteiger partial charge in [-0.25, -0.2) is 0 Å². The molecule has 106 valence electrons. The Morgan fingerprint density at radius 1 is 1.25 bits per heavy atom. The highest BCUT2D eigenvalue weighted by molar-refractivity contribution is 9.10. The van der Waals surface area contributed by atoms with Crippen molar-refractivity contribution < 1.29 is 4.74 Å². The Morgan fingerprint density at radius 2 is 2.05 bits per heavy atom. The third kappa shape index (κ3) is 4.08. The molecule has 0 amide bonds. The van der Waals surface area contributed by atoms with E-state index in [9.17, 15) is 0 Å². The quantitative estimate of drug-likeness (QED) is 0.854. The van der Waals surface area contributed by atoms with E-state index < -0.39 is 0 Å². The first-order chi connectivity index (χ1) is 9.72. The topological polar surface area (TPSA) is 59.9 Å². The first-order valence-electron chi connectivity index (χ1n) is 6.22. The lowest BCUT2D eigenvalue weighted by atomic mass is 10.4. The molecule has 1 aromatic carbocycles. The molecule has 0 aliphatic rings. The van der Waals surface area contributed by atoms with Crippen molar-refractivity contribution in [1.29, 1.82) is 0 Å². The van der Waals surface area contributed by atoms with E-state index in [2.05, 4.69) is 36.2 Å². The van der Waals surface area contributed by atoms with E-state index in [1.807, 2.05) is 31.2 Å². The Bertz CT molecular complexity index is 582. The number of hydrogen-bond donors (Lipinski definition) is 1. The number of benzene rings is 1. The highest BCUT2D eigenvalue weighted by Gasteiger charge is 2.09. The van der Waals surface area contributed by atoms with Gasteiger partial charge in [0.05, 0.1) is 6.61 Å². The summed E-state index contributed by atoms with van der Waals surface area (Å²) >= 11 is 4.97. The molecule has 0 fully saturated rings. The summed E-state index contributed by atoms with van der Waals surface area (Å²) in [5.41, 5.74) is 0. The van der Waals surface area contributed by atoms with Gasteiger partial charge in [0.2, 0.25) is 11.1 Å². The van der Waals surface area contributed by atoms with Gasteiger partial charge < -0.3 is 10.1 Å². The van der Waals surface area contributed by atoms with Gasteiger partial charge in [-0.1, -0.05) is 19.1 Å². The van der Waals surface area contributed by atoms with Crippen molar-refractivity contribution in [3.8, 4) is 6.01 Å². The van der Waals surface area contributed by atoms with Crippen molar-refractivity contribution >= 4 is 33.6 Å². The van der Waals surface area contributed by atoms with Crippen LogP contribution in [0.1, 0.15) is 13.3 Å². The van der Waals surface area contributed by atoms with Gasteiger partial charge in [0, 0.05) is 16.4 Å². The molecular weight excluding hydrogens is 340 g/mol. The third-order valence-corrected chi connectivity index (χ3v) is 4.19. The van der Waals surface area contributed by atoms with E-state index in [1.54, 1.807) is 7.05 Å². The SMILES string of the molecule is CCCOc1nc(NC)nc(Sc2ccccc2Br)n1. The van der Waals surface area contributed by atoms with Crippen LogP contribution in [0.5, 0.6) is 6.01 Å². The molecule has 1 heterocycles. The molecule has 0 unspecified atom stereocenters. The number of rotatable bonds is 6. The molecular formula is C13H15BrN4OS. The second-order valence-electron chi connectivity index (χ2n) is 3.86. The van der Waals surface area contributed by atoms with Gasteiger partial charge in [0.1, 0.15) is 0 Å². The lowest BCUT2D eigenvalue weighted by Gasteiger charge is -2.07. The number of aromatic nitrogens is 3. The predicted molar refractivity (Wildman–Crippen MR) is 83.4 cm³/mol. The molecule has 0 bridgehead atoms. The number of ether oxygens (including phenoxy) is 1. The van der Waals surface area contributed by atoms with E-state index >= 15 is 0 Å². The zero-order valence-corrected chi connectivity index (χ0v) is 13.7. The van der Waals surface area contributed by atoms with Crippen LogP contribution < -0.4 is 10.1 Å². The Kier molecular flexibility index (Phi) is 5.60. The molecule has 0 saturated heterocycles. The number of nitrogens with zero attached hydrogens (tertiary/aromatic N) is 3. The minimum absolute atomic E-state index is 0.348. The maximum absolute atomic E-state index is 5.48. The second kappa shape index (κ2) is 7.44. The van der Waals surface area contributed by atoms with Crippen molar-refractivity contribution in [2.45, 2.75) is 23.4 Å². The van der Waals surface area contributed by atoms with Crippen LogP contribution in [0.2, 0.25) is 0 Å². The van der Waals surface area contributed by atoms with E-state index in [1.165, 1.54) is 11.8 Å². The molecule has 0 atom stereocenters. The largest absolute Gasteiger partial charge is 0.463 e. The normalized spacial score (nSPS) is 10.3. The number of nitrogens with one attached hydrogen (secondary N) is 1. The summed E-state index contributed by atoms with van der Waals surface area (Å²) in [6.07, 6.45) is 0.910. The molecule has 20 heavy (non-hydrogen) atoms. The predicted octanol–water partition coefficient (Wildman–Crippen LogP) is 3.62. The Morgan fingerprint density at radius 3 is 2.75 bits per heavy atom. The first kappa shape index (κ1) is 15.1. The van der Waals surface area contributed by atoms with Crippen molar-refractivity contribution in [3.05, 3.63) is 28.7 Å². The van der Waals surface area contributed by atoms with Crippen LogP contribution in [0.15, 0.2) is 38.8 Å². The van der Waals surface area contributed by atoms with Crippen LogP contribution in [-0.2, 0) is 0 Å². The molecule has 2 rings (SSSR count). The van der Waals surface area contributed by atoms with Crippen molar-refractivity contribution in [1.82, 2.24) is 15.0 Å². The van der Waals surface area contributed by atoms with Crippen molar-refractivity contribution in [2.24, 2.45) is 0 Å². The summed E-state index contributed by atoms with van der Waals surface area (Å²) in [6, 6.07) is 8.28. The zero-order chi connectivity index (χ0) is 14.4. The summed E-state index contributed by atoms with van der Waals surface area (Å²) in [6.45, 7) is 2.63. The molecule has 0 saturated carbocycles. The fourth-order valence-corrected chi connectivity index (χ4v) is 2.67. The Balaban J connectivity index is 2.24. The molecule has 2 aromatic rings. The van der Waals surface area contributed by atoms with Crippen LogP contribution >= 0.6 is 27.7 Å². The highest BCUT2D eigenvalue weighted by atomic mass is 79.9. The molecule has 5 nitrogen and oxygen atoms in total. The molecule has 0 aliphatic heterocycles. The maximum Gasteiger partial charge on any atom is 0.322 e. The number of anilines is 1. The van der Waals surface area contributed by atoms with Crippen molar-refractivity contribution in [2.75, 3.05) is 19.0 Å². The maximum atomic E-state index is 5.48. The van der Waals surface area contributed by atoms with Gasteiger partial charge in [-0.05, 0) is 46.2 Å². The molecule has 7 heteroatoms. The molecule has 1 N–H and O–H groups in total. The van der Waals surface area contributed by atoms with E-state index in [4.69, 9.17) is 4.74 Å². The zero-order valence-electron chi connectivity index (χ0n) is 11.3. The summed E-state index contributed by atoms with van der Waals surface area (Å²) in [5, 5.41) is 3.52. The third-order valence-electron chi connectivity index (χ3n) is 2.29. The lowest BCUT2D eigenvalue weighted by Crippen LogP contribution is -2.05. The lowest BCUT2D eigenvalue weighted by molar-refractivity contribution is 0.288. The molecule has 1 aromatic heterocycles. The molecule has 0 radical (unpaired) electrons. The monoisotopic (exact) mass is 354 g/mol. The van der Waals surface area contributed by atoms with E-state index in [-0.39, 0.29) is 0 Å². The second-order valence-corrected chi connectivity index (χ2v) is 5.72. The van der Waals surface area contributed by atoms with Gasteiger partial charge in [-0.2, -0.15) is 15.0 Å². The number of hydrogen-bond acceptors (Lipinski definition) is 6. The van der Waals surface area contributed by atoms with E-state index in [0.717, 1.165) is 15.8 Å². The average Bonchev–Trinajstić information content (AvgIpc) is 2.47. The summed E-state index contributed by atoms with van der Waals surface area (Å²) < 4.78 is 6.49. The molecule has 0 spiro atoms. The summed E-state index contributed by atoms with van der Waals surface area (Å²) in [5.74, 6) is 0.501. The minimum Gasteiger partial charge on any atom is -0.463 e. The van der Waals surface area contributed by atoms with E-state index in [0.29, 0.717) is 23.7 Å². The first-order valence-corrected chi connectivity index (χ1v) is 7.83. The standard InChI is InChI=1S/C13H15BrN4OS/c1-3-8-19-12-16-11(15-2)17-13(18-12)20-10-7-5-4-6-9(10)14/h4-7H,3,8H2,1-2H3,(H,15,16,17,18). The molecule has 0 aliphatic carbocycles. The van der Waals surface area contributed by atoms with Gasteiger partial charge in [-0.3, -0.25) is 0 Å². The smallest absolute Gasteiger partial charge is 0.322 e. The Labute approximate surface area is 130 Å². The Hall–Kier alpha value is -1.34. The fraction of sp³-hybridized carbons (Fsp3) is 0.308. The van der Waals surface area contributed by atoms with Gasteiger partial charge >= 0.3 is 6.01 Å². The summed E-state index contributed by atoms with van der Waals surface area (Å²) in [4.78, 5) is 13.9. The van der Waals surface area contributed by atoms with Crippen LogP contribution in [0, 0.1) is 0 Å². The minimum atomic E-state index is 0.348. The van der Waals surface area contributed by atoms with Crippen LogP contribution in [0.4, 0.5) is 5.95 Å². The van der Waals surface area contributed by atoms with Crippen LogP contribution in [0.25, 0.3) is 0 Å². The van der Waals surface area contributed by atoms with Crippen LogP contribution in [0.3, 0.4) is 0 Å². The fourth-order valence-electron chi connectivity index (χ4n) is 1.38. The summed E-state index contributed by atoms with van der Waals surface area (Å²) in [7, 11) is 1.77. The van der Waals surface area contributed by atoms with Gasteiger partial charge in [-0.15, -0.1) is 0 Å². The average molecular weight is 355 g/mol. The van der Waals surface area contributed by atoms with Gasteiger partial charge in [0.25, 0.3) is 0 Å². The van der Waals surface area contributed by atoms with Crippen molar-refractivity contribution in [3.63, 3.8) is 0 Å². The van der Waals surface area contributed by atoms with Gasteiger partial charge in [0.15, 0.2) is 0 Å². The highest BCUT2D eigenvalue weighted by Crippen LogP contribution is 2.32. The number of halogens is 1.